The molecule has 1 N–H and O–H groups in total. The molecule has 0 saturated carbocycles. The van der Waals surface area contributed by atoms with E-state index in [1.807, 2.05) is 19.2 Å². The minimum atomic E-state index is 0.502. The average Bonchev–Trinajstić information content (AvgIpc) is 2.38. The lowest BCUT2D eigenvalue weighted by Gasteiger charge is -2.33. The summed E-state index contributed by atoms with van der Waals surface area (Å²) in [7, 11) is 1.98. The summed E-state index contributed by atoms with van der Waals surface area (Å²) in [5.74, 6) is 0.824. The number of pyridine rings is 1. The molecule has 4 nitrogen and oxygen atoms in total. The van der Waals surface area contributed by atoms with Gasteiger partial charge < -0.3 is 10.2 Å². The van der Waals surface area contributed by atoms with Crippen molar-refractivity contribution in [3.8, 4) is 6.07 Å². The standard InChI is InChI=1S/C12H16N4/c1-14-11-5-3-7-16(9-11)12-10(8-13)4-2-6-15-12/h2,4,6,11,14H,3,5,7,9H2,1H3/t11-/m0/s1. The van der Waals surface area contributed by atoms with Crippen LogP contribution in [0.1, 0.15) is 18.4 Å². The first kappa shape index (κ1) is 10.9. The molecule has 1 fully saturated rings. The van der Waals surface area contributed by atoms with Gasteiger partial charge in [0.25, 0.3) is 0 Å². The first-order valence-corrected chi connectivity index (χ1v) is 5.62. The van der Waals surface area contributed by atoms with E-state index >= 15 is 0 Å². The summed E-state index contributed by atoms with van der Waals surface area (Å²) in [6.07, 6.45) is 4.09. The Labute approximate surface area is 95.9 Å². The number of hydrogen-bond donors (Lipinski definition) is 1. The zero-order valence-corrected chi connectivity index (χ0v) is 9.48. The number of rotatable bonds is 2. The van der Waals surface area contributed by atoms with Gasteiger partial charge in [0.2, 0.25) is 0 Å². The number of anilines is 1. The van der Waals surface area contributed by atoms with Crippen LogP contribution in [0.15, 0.2) is 18.3 Å². The second kappa shape index (κ2) is 4.95. The minimum Gasteiger partial charge on any atom is -0.354 e. The highest BCUT2D eigenvalue weighted by Gasteiger charge is 2.21. The number of aromatic nitrogens is 1. The van der Waals surface area contributed by atoms with Gasteiger partial charge in [0, 0.05) is 25.3 Å². The van der Waals surface area contributed by atoms with Gasteiger partial charge >= 0.3 is 0 Å². The molecular weight excluding hydrogens is 200 g/mol. The molecule has 84 valence electrons. The van der Waals surface area contributed by atoms with Gasteiger partial charge in [-0.2, -0.15) is 5.26 Å². The maximum Gasteiger partial charge on any atom is 0.146 e. The summed E-state index contributed by atoms with van der Waals surface area (Å²) < 4.78 is 0. The van der Waals surface area contributed by atoms with Crippen LogP contribution in [0.3, 0.4) is 0 Å². The minimum absolute atomic E-state index is 0.502. The molecule has 0 radical (unpaired) electrons. The Morgan fingerprint density at radius 2 is 2.50 bits per heavy atom. The van der Waals surface area contributed by atoms with Crippen molar-refractivity contribution in [3.63, 3.8) is 0 Å². The molecule has 1 saturated heterocycles. The molecular formula is C12H16N4. The van der Waals surface area contributed by atoms with Gasteiger partial charge in [-0.25, -0.2) is 4.98 Å². The molecule has 0 amide bonds. The highest BCUT2D eigenvalue weighted by Crippen LogP contribution is 2.20. The van der Waals surface area contributed by atoms with Crippen LogP contribution in [0.5, 0.6) is 0 Å². The summed E-state index contributed by atoms with van der Waals surface area (Å²) in [5, 5.41) is 12.3. The van der Waals surface area contributed by atoms with Gasteiger partial charge in [0.05, 0.1) is 5.56 Å². The smallest absolute Gasteiger partial charge is 0.146 e. The van der Waals surface area contributed by atoms with Crippen LogP contribution < -0.4 is 10.2 Å². The van der Waals surface area contributed by atoms with E-state index in [0.717, 1.165) is 25.3 Å². The summed E-state index contributed by atoms with van der Waals surface area (Å²) in [4.78, 5) is 6.52. The van der Waals surface area contributed by atoms with Crippen LogP contribution in [0.25, 0.3) is 0 Å². The van der Waals surface area contributed by atoms with E-state index in [0.29, 0.717) is 11.6 Å². The predicted molar refractivity (Wildman–Crippen MR) is 63.2 cm³/mol. The summed E-state index contributed by atoms with van der Waals surface area (Å²) >= 11 is 0. The molecule has 0 bridgehead atoms. The van der Waals surface area contributed by atoms with Gasteiger partial charge in [0.1, 0.15) is 11.9 Å². The third-order valence-corrected chi connectivity index (χ3v) is 3.04. The third-order valence-electron chi connectivity index (χ3n) is 3.04. The molecule has 0 unspecified atom stereocenters. The van der Waals surface area contributed by atoms with Gasteiger partial charge in [-0.3, -0.25) is 0 Å². The van der Waals surface area contributed by atoms with E-state index in [4.69, 9.17) is 5.26 Å². The molecule has 0 aromatic carbocycles. The van der Waals surface area contributed by atoms with E-state index in [2.05, 4.69) is 21.3 Å². The molecule has 1 aliphatic heterocycles. The van der Waals surface area contributed by atoms with Crippen LogP contribution >= 0.6 is 0 Å². The summed E-state index contributed by atoms with van der Waals surface area (Å²) in [6, 6.07) is 6.34. The number of nitrogens with one attached hydrogen (secondary N) is 1. The van der Waals surface area contributed by atoms with Crippen molar-refractivity contribution in [2.75, 3.05) is 25.0 Å². The van der Waals surface area contributed by atoms with Crippen molar-refractivity contribution in [1.29, 1.82) is 5.26 Å². The molecule has 16 heavy (non-hydrogen) atoms. The quantitative estimate of drug-likeness (QED) is 0.805. The van der Waals surface area contributed by atoms with Crippen LogP contribution in [0, 0.1) is 11.3 Å². The van der Waals surface area contributed by atoms with Crippen molar-refractivity contribution in [2.24, 2.45) is 0 Å². The van der Waals surface area contributed by atoms with E-state index in [1.165, 1.54) is 6.42 Å². The lowest BCUT2D eigenvalue weighted by molar-refractivity contribution is 0.447. The molecule has 1 aromatic rings. The van der Waals surface area contributed by atoms with Gasteiger partial charge in [-0.1, -0.05) is 0 Å². The second-order valence-corrected chi connectivity index (χ2v) is 4.06. The SMILES string of the molecule is CN[C@H]1CCCN(c2ncccc2C#N)C1. The molecule has 2 heterocycles. The zero-order valence-electron chi connectivity index (χ0n) is 9.48. The third kappa shape index (κ3) is 2.15. The monoisotopic (exact) mass is 216 g/mol. The van der Waals surface area contributed by atoms with Crippen molar-refractivity contribution >= 4 is 5.82 Å². The lowest BCUT2D eigenvalue weighted by atomic mass is 10.1. The number of likely N-dealkylation sites (N-methyl/N-ethyl adjacent to an activating group) is 1. The zero-order chi connectivity index (χ0) is 11.4. The highest BCUT2D eigenvalue weighted by atomic mass is 15.2. The molecule has 2 rings (SSSR count). The summed E-state index contributed by atoms with van der Waals surface area (Å²) in [6.45, 7) is 1.92. The Balaban J connectivity index is 2.20. The first-order chi connectivity index (χ1) is 7.85. The Morgan fingerprint density at radius 3 is 3.25 bits per heavy atom. The normalized spacial score (nSPS) is 20.5. The molecule has 1 atom stereocenters. The maximum atomic E-state index is 9.04. The van der Waals surface area contributed by atoms with Crippen molar-refractivity contribution in [1.82, 2.24) is 10.3 Å². The fraction of sp³-hybridized carbons (Fsp3) is 0.500. The number of hydrogen-bond acceptors (Lipinski definition) is 4. The Bertz CT molecular complexity index is 396. The van der Waals surface area contributed by atoms with Crippen LogP contribution in [0.4, 0.5) is 5.82 Å². The van der Waals surface area contributed by atoms with Crippen molar-refractivity contribution in [2.45, 2.75) is 18.9 Å². The predicted octanol–water partition coefficient (Wildman–Crippen LogP) is 1.14. The van der Waals surface area contributed by atoms with Crippen LogP contribution in [-0.4, -0.2) is 31.2 Å². The lowest BCUT2D eigenvalue weighted by Crippen LogP contribution is -2.45. The van der Waals surface area contributed by atoms with Crippen LogP contribution in [0.2, 0.25) is 0 Å². The maximum absolute atomic E-state index is 9.04. The van der Waals surface area contributed by atoms with Crippen molar-refractivity contribution < 1.29 is 0 Å². The second-order valence-electron chi connectivity index (χ2n) is 4.06. The van der Waals surface area contributed by atoms with Gasteiger partial charge in [-0.15, -0.1) is 0 Å². The van der Waals surface area contributed by atoms with E-state index < -0.39 is 0 Å². The number of nitriles is 1. The fourth-order valence-corrected chi connectivity index (χ4v) is 2.14. The molecule has 1 aliphatic rings. The molecule has 1 aromatic heterocycles. The van der Waals surface area contributed by atoms with E-state index in [-0.39, 0.29) is 0 Å². The largest absolute Gasteiger partial charge is 0.354 e. The van der Waals surface area contributed by atoms with Crippen molar-refractivity contribution in [3.05, 3.63) is 23.9 Å². The Kier molecular flexibility index (Phi) is 3.37. The summed E-state index contributed by atoms with van der Waals surface area (Å²) in [5.41, 5.74) is 0.666. The van der Waals surface area contributed by atoms with E-state index in [1.54, 1.807) is 6.20 Å². The molecule has 0 spiro atoms. The first-order valence-electron chi connectivity index (χ1n) is 5.62. The van der Waals surface area contributed by atoms with Crippen LogP contribution in [-0.2, 0) is 0 Å². The number of piperidine rings is 1. The van der Waals surface area contributed by atoms with Gasteiger partial charge in [-0.05, 0) is 32.0 Å². The number of nitrogens with zero attached hydrogens (tertiary/aromatic N) is 3. The topological polar surface area (TPSA) is 52.0 Å². The Morgan fingerprint density at radius 1 is 1.62 bits per heavy atom. The molecule has 4 heteroatoms. The average molecular weight is 216 g/mol. The molecule has 0 aliphatic carbocycles. The fourth-order valence-electron chi connectivity index (χ4n) is 2.14. The Hall–Kier alpha value is -1.60. The van der Waals surface area contributed by atoms with Gasteiger partial charge in [0.15, 0.2) is 0 Å². The van der Waals surface area contributed by atoms with E-state index in [9.17, 15) is 0 Å². The highest BCUT2D eigenvalue weighted by molar-refractivity contribution is 5.53.